The minimum absolute atomic E-state index is 0.0342. The van der Waals surface area contributed by atoms with Crippen LogP contribution in [0, 0.1) is 11.6 Å². The summed E-state index contributed by atoms with van der Waals surface area (Å²) < 4.78 is 26.6. The largest absolute Gasteiger partial charge is 0.305 e. The summed E-state index contributed by atoms with van der Waals surface area (Å²) in [5, 5.41) is 0. The molecule has 84 valence electrons. The molecule has 4 heteroatoms. The van der Waals surface area contributed by atoms with Gasteiger partial charge in [0, 0.05) is 18.2 Å². The molecule has 1 N–H and O–H groups in total. The Bertz CT molecular complexity index is 340. The Morgan fingerprint density at radius 3 is 2.47 bits per heavy atom. The fraction of sp³-hybridized carbons (Fsp3) is 0.455. The van der Waals surface area contributed by atoms with Crippen LogP contribution >= 0.6 is 0 Å². The normalized spacial score (nSPS) is 11.1. The summed E-state index contributed by atoms with van der Waals surface area (Å²) in [6, 6.07) is 2.45. The quantitative estimate of drug-likeness (QED) is 0.780. The average Bonchev–Trinajstić information content (AvgIpc) is 2.16. The monoisotopic (exact) mass is 215 g/mol. The first kappa shape index (κ1) is 12.1. The van der Waals surface area contributed by atoms with Gasteiger partial charge in [0.2, 0.25) is 0 Å². The van der Waals surface area contributed by atoms with E-state index in [-0.39, 0.29) is 12.5 Å². The van der Waals surface area contributed by atoms with Gasteiger partial charge in [-0.1, -0.05) is 13.8 Å². The molecule has 0 heterocycles. The van der Waals surface area contributed by atoms with E-state index < -0.39 is 11.6 Å². The van der Waals surface area contributed by atoms with Crippen molar-refractivity contribution in [3.63, 3.8) is 0 Å². The van der Waals surface area contributed by atoms with E-state index in [1.54, 1.807) is 0 Å². The van der Waals surface area contributed by atoms with E-state index in [4.69, 9.17) is 0 Å². The smallest absolute Gasteiger partial charge is 0.130 e. The zero-order valence-corrected chi connectivity index (χ0v) is 9.10. The third kappa shape index (κ3) is 2.97. The van der Waals surface area contributed by atoms with Gasteiger partial charge in [0.1, 0.15) is 11.6 Å². The molecule has 0 atom stereocenters. The topological polar surface area (TPSA) is 21.3 Å². The van der Waals surface area contributed by atoms with Crippen molar-refractivity contribution in [2.24, 2.45) is 0 Å². The molecular formula is C11H15F2NO. The fourth-order valence-corrected chi connectivity index (χ4v) is 1.34. The predicted molar refractivity (Wildman–Crippen MR) is 54.3 cm³/mol. The van der Waals surface area contributed by atoms with Crippen LogP contribution in [0.25, 0.3) is 0 Å². The van der Waals surface area contributed by atoms with Gasteiger partial charge in [-0.25, -0.2) is 8.78 Å². The minimum Gasteiger partial charge on any atom is -0.305 e. The summed E-state index contributed by atoms with van der Waals surface area (Å²) in [6.07, 6.45) is 0. The van der Waals surface area contributed by atoms with Gasteiger partial charge in [-0.15, -0.1) is 0 Å². The molecule has 2 nitrogen and oxygen atoms in total. The maximum Gasteiger partial charge on any atom is 0.130 e. The van der Waals surface area contributed by atoms with E-state index in [1.807, 2.05) is 13.8 Å². The van der Waals surface area contributed by atoms with Gasteiger partial charge in [-0.05, 0) is 17.5 Å². The Balaban J connectivity index is 3.00. The number of rotatable bonds is 4. The van der Waals surface area contributed by atoms with Gasteiger partial charge < -0.3 is 4.84 Å². The van der Waals surface area contributed by atoms with Crippen LogP contribution in [0.4, 0.5) is 8.78 Å². The van der Waals surface area contributed by atoms with Crippen LogP contribution in [-0.2, 0) is 11.4 Å². The SMILES string of the molecule is CONCc1cc(C(C)C)c(F)cc1F. The van der Waals surface area contributed by atoms with Gasteiger partial charge in [-0.3, -0.25) is 0 Å². The molecule has 15 heavy (non-hydrogen) atoms. The molecule has 0 fully saturated rings. The predicted octanol–water partition coefficient (Wildman–Crippen LogP) is 2.74. The molecular weight excluding hydrogens is 200 g/mol. The molecule has 0 spiro atoms. The van der Waals surface area contributed by atoms with E-state index >= 15 is 0 Å². The lowest BCUT2D eigenvalue weighted by Gasteiger charge is -2.11. The Morgan fingerprint density at radius 2 is 1.93 bits per heavy atom. The molecule has 1 rings (SSSR count). The maximum atomic E-state index is 13.3. The summed E-state index contributed by atoms with van der Waals surface area (Å²) >= 11 is 0. The zero-order valence-electron chi connectivity index (χ0n) is 9.10. The molecule has 0 saturated carbocycles. The summed E-state index contributed by atoms with van der Waals surface area (Å²) in [5.41, 5.74) is 3.45. The third-order valence-corrected chi connectivity index (χ3v) is 2.19. The first-order chi connectivity index (χ1) is 7.06. The summed E-state index contributed by atoms with van der Waals surface area (Å²) in [6.45, 7) is 3.95. The van der Waals surface area contributed by atoms with Crippen LogP contribution < -0.4 is 5.48 Å². The maximum absolute atomic E-state index is 13.3. The number of hydroxylamine groups is 1. The van der Waals surface area contributed by atoms with Crippen LogP contribution in [0.1, 0.15) is 30.9 Å². The van der Waals surface area contributed by atoms with Crippen LogP contribution in [-0.4, -0.2) is 7.11 Å². The third-order valence-electron chi connectivity index (χ3n) is 2.19. The van der Waals surface area contributed by atoms with E-state index in [0.29, 0.717) is 11.1 Å². The van der Waals surface area contributed by atoms with Crippen molar-refractivity contribution >= 4 is 0 Å². The highest BCUT2D eigenvalue weighted by atomic mass is 19.1. The Morgan fingerprint density at radius 1 is 1.27 bits per heavy atom. The standard InChI is InChI=1S/C11H15F2NO/c1-7(2)9-4-8(6-14-15-3)10(12)5-11(9)13/h4-5,7,14H,6H2,1-3H3. The molecule has 0 unspecified atom stereocenters. The average molecular weight is 215 g/mol. The van der Waals surface area contributed by atoms with Crippen molar-refractivity contribution in [2.45, 2.75) is 26.3 Å². The Hall–Kier alpha value is -1.00. The van der Waals surface area contributed by atoms with Crippen molar-refractivity contribution in [3.05, 3.63) is 34.9 Å². The zero-order chi connectivity index (χ0) is 11.4. The van der Waals surface area contributed by atoms with Gasteiger partial charge in [0.15, 0.2) is 0 Å². The minimum atomic E-state index is -0.554. The molecule has 0 bridgehead atoms. The number of halogens is 2. The second-order valence-electron chi connectivity index (χ2n) is 3.65. The molecule has 0 aliphatic rings. The fourth-order valence-electron chi connectivity index (χ4n) is 1.34. The number of hydrogen-bond donors (Lipinski definition) is 1. The van der Waals surface area contributed by atoms with Crippen LogP contribution in [0.3, 0.4) is 0 Å². The highest BCUT2D eigenvalue weighted by molar-refractivity contribution is 5.28. The first-order valence-electron chi connectivity index (χ1n) is 4.80. The van der Waals surface area contributed by atoms with E-state index in [2.05, 4.69) is 10.3 Å². The van der Waals surface area contributed by atoms with Gasteiger partial charge in [0.25, 0.3) is 0 Å². The number of benzene rings is 1. The molecule has 0 radical (unpaired) electrons. The molecule has 1 aromatic carbocycles. The Kier molecular flexibility index (Phi) is 4.17. The van der Waals surface area contributed by atoms with Gasteiger partial charge in [-0.2, -0.15) is 5.48 Å². The molecule has 0 aliphatic carbocycles. The number of nitrogens with one attached hydrogen (secondary N) is 1. The summed E-state index contributed by atoms with van der Waals surface area (Å²) in [4.78, 5) is 4.62. The molecule has 0 aromatic heterocycles. The van der Waals surface area contributed by atoms with Crippen molar-refractivity contribution in [1.82, 2.24) is 5.48 Å². The number of hydrogen-bond acceptors (Lipinski definition) is 2. The van der Waals surface area contributed by atoms with E-state index in [1.165, 1.54) is 13.2 Å². The lowest BCUT2D eigenvalue weighted by atomic mass is 10.00. The second-order valence-corrected chi connectivity index (χ2v) is 3.65. The lowest BCUT2D eigenvalue weighted by molar-refractivity contribution is 0.0859. The van der Waals surface area contributed by atoms with Gasteiger partial charge >= 0.3 is 0 Å². The summed E-state index contributed by atoms with van der Waals surface area (Å²) in [7, 11) is 1.45. The molecule has 1 aromatic rings. The highest BCUT2D eigenvalue weighted by Crippen LogP contribution is 2.22. The van der Waals surface area contributed by atoms with Crippen molar-refractivity contribution in [1.29, 1.82) is 0 Å². The Labute approximate surface area is 88.2 Å². The molecule has 0 amide bonds. The van der Waals surface area contributed by atoms with Crippen molar-refractivity contribution in [3.8, 4) is 0 Å². The van der Waals surface area contributed by atoms with Crippen molar-refractivity contribution in [2.75, 3.05) is 7.11 Å². The highest BCUT2D eigenvalue weighted by Gasteiger charge is 2.12. The van der Waals surface area contributed by atoms with Crippen molar-refractivity contribution < 1.29 is 13.6 Å². The molecule has 0 aliphatic heterocycles. The first-order valence-corrected chi connectivity index (χ1v) is 4.80. The van der Waals surface area contributed by atoms with Crippen LogP contribution in [0.2, 0.25) is 0 Å². The second kappa shape index (κ2) is 5.19. The van der Waals surface area contributed by atoms with Crippen LogP contribution in [0.5, 0.6) is 0 Å². The molecule has 0 saturated heterocycles. The summed E-state index contributed by atoms with van der Waals surface area (Å²) in [5.74, 6) is -1.02. The van der Waals surface area contributed by atoms with E-state index in [0.717, 1.165) is 6.07 Å². The lowest BCUT2D eigenvalue weighted by Crippen LogP contribution is -2.13. The van der Waals surface area contributed by atoms with Gasteiger partial charge in [0.05, 0.1) is 7.11 Å². The van der Waals surface area contributed by atoms with Crippen LogP contribution in [0.15, 0.2) is 12.1 Å². The van der Waals surface area contributed by atoms with E-state index in [9.17, 15) is 8.78 Å².